The molecule has 0 aromatic heterocycles. The molecular weight excluding hydrogens is 512 g/mol. The van der Waals surface area contributed by atoms with Crippen molar-refractivity contribution in [3.63, 3.8) is 0 Å². The summed E-state index contributed by atoms with van der Waals surface area (Å²) in [4.78, 5) is 13.3. The van der Waals surface area contributed by atoms with Crippen LogP contribution in [0.5, 0.6) is 0 Å². The number of carbonyl (C=O) groups excluding carboxylic acids is 1. The Morgan fingerprint density at radius 1 is 0.571 bits per heavy atom. The number of carbonyl (C=O) groups is 1. The monoisotopic (exact) mass is 552 g/mol. The summed E-state index contributed by atoms with van der Waals surface area (Å²) >= 11 is 0. The lowest BCUT2D eigenvalue weighted by atomic mass is 10.0. The maximum absolute atomic E-state index is 13.3. The minimum atomic E-state index is -0.408. The van der Waals surface area contributed by atoms with Crippen LogP contribution in [-0.2, 0) is 24.2 Å². The van der Waals surface area contributed by atoms with E-state index in [9.17, 15) is 4.79 Å². The van der Waals surface area contributed by atoms with E-state index in [2.05, 4.69) is 86.1 Å². The lowest BCUT2D eigenvalue weighted by molar-refractivity contribution is 0.0472. The van der Waals surface area contributed by atoms with Crippen LogP contribution in [0.15, 0.2) is 97.1 Å². The van der Waals surface area contributed by atoms with Crippen LogP contribution in [0, 0.1) is 23.7 Å². The zero-order valence-corrected chi connectivity index (χ0v) is 24.9. The van der Waals surface area contributed by atoms with Crippen LogP contribution < -0.4 is 0 Å². The first-order valence-electron chi connectivity index (χ1n) is 15.2. The summed E-state index contributed by atoms with van der Waals surface area (Å²) < 4.78 is 5.69. The number of rotatable bonds is 11. The maximum Gasteiger partial charge on any atom is 0.339 e. The number of esters is 1. The molecule has 0 aliphatic carbocycles. The van der Waals surface area contributed by atoms with Gasteiger partial charge in [-0.15, -0.1) is 0 Å². The SMILES string of the molecule is CCCCCc1ccc(C#Cc2ccc(C#Cc3ccc(CCCCC)cc3)c(C(=O)OCc3ccccc3)c2)cc1. The number of ether oxygens (including phenoxy) is 1. The predicted octanol–water partition coefficient (Wildman–Crippen LogP) is 9.31. The van der Waals surface area contributed by atoms with Gasteiger partial charge < -0.3 is 4.74 Å². The average Bonchev–Trinajstić information content (AvgIpc) is 3.04. The lowest BCUT2D eigenvalue weighted by Gasteiger charge is -2.07. The number of unbranched alkanes of at least 4 members (excludes halogenated alkanes) is 4. The van der Waals surface area contributed by atoms with Crippen LogP contribution >= 0.6 is 0 Å². The number of benzene rings is 4. The van der Waals surface area contributed by atoms with Crippen LogP contribution in [0.4, 0.5) is 0 Å². The highest BCUT2D eigenvalue weighted by Crippen LogP contribution is 2.16. The molecule has 0 aliphatic heterocycles. The molecule has 0 aliphatic rings. The molecule has 212 valence electrons. The Bertz CT molecular complexity index is 1540. The second-order valence-corrected chi connectivity index (χ2v) is 10.6. The van der Waals surface area contributed by atoms with Gasteiger partial charge in [0.25, 0.3) is 0 Å². The van der Waals surface area contributed by atoms with Gasteiger partial charge in [0.15, 0.2) is 0 Å². The Kier molecular flexibility index (Phi) is 12.1. The third kappa shape index (κ3) is 9.83. The Hall–Kier alpha value is -4.53. The highest BCUT2D eigenvalue weighted by molar-refractivity contribution is 5.93. The van der Waals surface area contributed by atoms with E-state index in [-0.39, 0.29) is 6.61 Å². The fourth-order valence-corrected chi connectivity index (χ4v) is 4.65. The molecule has 0 unspecified atom stereocenters. The van der Waals surface area contributed by atoms with Gasteiger partial charge in [-0.05, 0) is 84.8 Å². The summed E-state index contributed by atoms with van der Waals surface area (Å²) in [6.45, 7) is 4.64. The zero-order valence-electron chi connectivity index (χ0n) is 24.9. The molecule has 42 heavy (non-hydrogen) atoms. The zero-order chi connectivity index (χ0) is 29.4. The van der Waals surface area contributed by atoms with E-state index in [0.717, 1.165) is 35.1 Å². The van der Waals surface area contributed by atoms with Gasteiger partial charge in [-0.2, -0.15) is 0 Å². The molecule has 0 radical (unpaired) electrons. The van der Waals surface area contributed by atoms with Crippen LogP contribution in [0.2, 0.25) is 0 Å². The summed E-state index contributed by atoms with van der Waals surface area (Å²) in [7, 11) is 0. The Morgan fingerprint density at radius 3 is 1.67 bits per heavy atom. The number of hydrogen-bond donors (Lipinski definition) is 0. The van der Waals surface area contributed by atoms with Gasteiger partial charge in [0.05, 0.1) is 5.56 Å². The van der Waals surface area contributed by atoms with Crippen LogP contribution in [0.25, 0.3) is 0 Å². The van der Waals surface area contributed by atoms with Gasteiger partial charge in [-0.25, -0.2) is 4.79 Å². The maximum atomic E-state index is 13.3. The van der Waals surface area contributed by atoms with Gasteiger partial charge in [-0.3, -0.25) is 0 Å². The van der Waals surface area contributed by atoms with E-state index in [1.54, 1.807) is 6.07 Å². The minimum Gasteiger partial charge on any atom is -0.457 e. The van der Waals surface area contributed by atoms with E-state index < -0.39 is 5.97 Å². The van der Waals surface area contributed by atoms with E-state index >= 15 is 0 Å². The van der Waals surface area contributed by atoms with Crippen LogP contribution in [0.1, 0.15) is 102 Å². The fraction of sp³-hybridized carbons (Fsp3) is 0.275. The lowest BCUT2D eigenvalue weighted by Crippen LogP contribution is -2.08. The number of hydrogen-bond acceptors (Lipinski definition) is 2. The van der Waals surface area contributed by atoms with Crippen molar-refractivity contribution >= 4 is 5.97 Å². The Labute approximate surface area is 252 Å². The van der Waals surface area contributed by atoms with Crippen molar-refractivity contribution in [3.8, 4) is 23.7 Å². The smallest absolute Gasteiger partial charge is 0.339 e. The van der Waals surface area contributed by atoms with Crippen molar-refractivity contribution in [2.75, 3.05) is 0 Å². The quantitative estimate of drug-likeness (QED) is 0.105. The predicted molar refractivity (Wildman–Crippen MR) is 173 cm³/mol. The molecule has 0 spiro atoms. The third-order valence-corrected chi connectivity index (χ3v) is 7.19. The molecule has 4 rings (SSSR count). The normalized spacial score (nSPS) is 10.2. The van der Waals surface area contributed by atoms with Crippen LogP contribution in [-0.4, -0.2) is 5.97 Å². The molecule has 4 aromatic rings. The molecular formula is C40H40O2. The van der Waals surface area contributed by atoms with Crippen molar-refractivity contribution < 1.29 is 9.53 Å². The Morgan fingerprint density at radius 2 is 1.10 bits per heavy atom. The molecule has 0 amide bonds. The van der Waals surface area contributed by atoms with Gasteiger partial charge in [0, 0.05) is 22.3 Å². The largest absolute Gasteiger partial charge is 0.457 e. The second-order valence-electron chi connectivity index (χ2n) is 10.6. The molecule has 2 heteroatoms. The molecule has 0 heterocycles. The molecule has 2 nitrogen and oxygen atoms in total. The van der Waals surface area contributed by atoms with E-state index in [1.807, 2.05) is 42.5 Å². The first-order valence-corrected chi connectivity index (χ1v) is 15.2. The van der Waals surface area contributed by atoms with E-state index in [0.29, 0.717) is 11.1 Å². The summed E-state index contributed by atoms with van der Waals surface area (Å²) in [5, 5.41) is 0. The van der Waals surface area contributed by atoms with Crippen molar-refractivity contribution in [2.24, 2.45) is 0 Å². The Balaban J connectivity index is 1.53. The molecule has 0 fully saturated rings. The first kappa shape index (κ1) is 30.4. The van der Waals surface area contributed by atoms with Gasteiger partial charge >= 0.3 is 5.97 Å². The second kappa shape index (κ2) is 16.7. The highest BCUT2D eigenvalue weighted by atomic mass is 16.5. The highest BCUT2D eigenvalue weighted by Gasteiger charge is 2.13. The van der Waals surface area contributed by atoms with Crippen molar-refractivity contribution in [1.29, 1.82) is 0 Å². The summed E-state index contributed by atoms with van der Waals surface area (Å²) in [5.74, 6) is 12.5. The van der Waals surface area contributed by atoms with Crippen LogP contribution in [0.3, 0.4) is 0 Å². The van der Waals surface area contributed by atoms with E-state index in [1.165, 1.54) is 49.7 Å². The first-order chi connectivity index (χ1) is 20.6. The standard InChI is InChI=1S/C40H40O2/c1-3-5-8-12-32-16-20-34(21-17-32)24-25-36-27-29-38(28-26-35-22-18-33(19-23-35)13-9-6-4-2)39(30-36)40(41)42-31-37-14-10-7-11-15-37/h7,10-11,14-23,27,29-30H,3-6,8-9,12-13,31H2,1-2H3. The fourth-order valence-electron chi connectivity index (χ4n) is 4.65. The molecule has 0 N–H and O–H groups in total. The van der Waals surface area contributed by atoms with E-state index in [4.69, 9.17) is 4.74 Å². The topological polar surface area (TPSA) is 26.3 Å². The summed E-state index contributed by atoms with van der Waals surface area (Å²) in [6, 6.07) is 32.1. The van der Waals surface area contributed by atoms with Gasteiger partial charge in [0.1, 0.15) is 6.61 Å². The molecule has 0 atom stereocenters. The average molecular weight is 553 g/mol. The van der Waals surface area contributed by atoms with Crippen molar-refractivity contribution in [2.45, 2.75) is 71.8 Å². The number of aryl methyl sites for hydroxylation is 2. The molecule has 4 aromatic carbocycles. The summed E-state index contributed by atoms with van der Waals surface area (Å²) in [5.41, 5.74) is 7.26. The summed E-state index contributed by atoms with van der Waals surface area (Å²) in [6.07, 6.45) is 9.55. The minimum absolute atomic E-state index is 0.201. The van der Waals surface area contributed by atoms with Gasteiger partial charge in [0.2, 0.25) is 0 Å². The van der Waals surface area contributed by atoms with Crippen molar-refractivity contribution in [1.82, 2.24) is 0 Å². The van der Waals surface area contributed by atoms with Gasteiger partial charge in [-0.1, -0.05) is 118 Å². The molecule has 0 saturated carbocycles. The molecule has 0 saturated heterocycles. The third-order valence-electron chi connectivity index (χ3n) is 7.19. The molecule has 0 bridgehead atoms. The van der Waals surface area contributed by atoms with Crippen molar-refractivity contribution in [3.05, 3.63) is 142 Å².